The molecule has 1 aliphatic carbocycles. The molecule has 86 valence electrons. The zero-order valence-electron chi connectivity index (χ0n) is 9.82. The third-order valence-corrected chi connectivity index (χ3v) is 3.28. The molecule has 0 saturated carbocycles. The molecule has 0 saturated heterocycles. The molecule has 17 heavy (non-hydrogen) atoms. The van der Waals surface area contributed by atoms with Crippen molar-refractivity contribution in [1.82, 2.24) is 10.2 Å². The van der Waals surface area contributed by atoms with E-state index in [2.05, 4.69) is 34.5 Å². The van der Waals surface area contributed by atoms with Crippen LogP contribution in [-0.4, -0.2) is 10.2 Å². The Kier molecular flexibility index (Phi) is 2.78. The van der Waals surface area contributed by atoms with Gasteiger partial charge in [0, 0.05) is 5.56 Å². The molecule has 0 spiro atoms. The van der Waals surface area contributed by atoms with Crippen LogP contribution in [0.25, 0.3) is 16.8 Å². The van der Waals surface area contributed by atoms with Gasteiger partial charge in [0.1, 0.15) is 0 Å². The number of rotatable bonds is 2. The average molecular weight is 224 g/mol. The van der Waals surface area contributed by atoms with E-state index >= 15 is 0 Å². The molecule has 1 heterocycles. The molecule has 2 heteroatoms. The number of nitrogens with one attached hydrogen (secondary N) is 1. The van der Waals surface area contributed by atoms with Crippen LogP contribution < -0.4 is 0 Å². The third kappa shape index (κ3) is 2.16. The molecule has 0 fully saturated rings. The first kappa shape index (κ1) is 10.3. The molecule has 0 atom stereocenters. The predicted molar refractivity (Wildman–Crippen MR) is 70.5 cm³/mol. The fraction of sp³-hybridized carbons (Fsp3) is 0.267. The van der Waals surface area contributed by atoms with Crippen molar-refractivity contribution in [3.05, 3.63) is 48.2 Å². The average Bonchev–Trinajstić information content (AvgIpc) is 2.90. The molecule has 3 rings (SSSR count). The highest BCUT2D eigenvalue weighted by molar-refractivity contribution is 5.68. The molecule has 2 aromatic rings. The lowest BCUT2D eigenvalue weighted by Crippen LogP contribution is -1.91. The Morgan fingerprint density at radius 2 is 1.94 bits per heavy atom. The summed E-state index contributed by atoms with van der Waals surface area (Å²) in [6.07, 6.45) is 7.34. The van der Waals surface area contributed by atoms with Crippen molar-refractivity contribution in [3.63, 3.8) is 0 Å². The van der Waals surface area contributed by atoms with Crippen LogP contribution in [0.2, 0.25) is 0 Å². The van der Waals surface area contributed by atoms with Crippen LogP contribution in [0.15, 0.2) is 42.5 Å². The number of aromatic nitrogens is 2. The zero-order chi connectivity index (χ0) is 11.5. The van der Waals surface area contributed by atoms with E-state index in [1.807, 2.05) is 18.2 Å². The van der Waals surface area contributed by atoms with E-state index in [9.17, 15) is 0 Å². The molecule has 0 aliphatic heterocycles. The Hall–Kier alpha value is -1.83. The van der Waals surface area contributed by atoms with Gasteiger partial charge in [-0.05, 0) is 37.3 Å². The van der Waals surface area contributed by atoms with Crippen LogP contribution in [0.4, 0.5) is 0 Å². The fourth-order valence-electron chi connectivity index (χ4n) is 2.33. The topological polar surface area (TPSA) is 28.7 Å². The maximum Gasteiger partial charge on any atom is 0.0927 e. The van der Waals surface area contributed by atoms with Gasteiger partial charge in [-0.25, -0.2) is 0 Å². The Bertz CT molecular complexity index is 523. The summed E-state index contributed by atoms with van der Waals surface area (Å²) in [6, 6.07) is 12.5. The van der Waals surface area contributed by atoms with E-state index in [0.717, 1.165) is 5.69 Å². The summed E-state index contributed by atoms with van der Waals surface area (Å²) < 4.78 is 0. The van der Waals surface area contributed by atoms with Gasteiger partial charge in [-0.3, -0.25) is 5.10 Å². The molecule has 0 radical (unpaired) electrons. The summed E-state index contributed by atoms with van der Waals surface area (Å²) in [5.41, 5.74) is 4.81. The second-order valence-electron chi connectivity index (χ2n) is 4.51. The lowest BCUT2D eigenvalue weighted by molar-refractivity contribution is 0.739. The highest BCUT2D eigenvalue weighted by atomic mass is 15.1. The van der Waals surface area contributed by atoms with Crippen molar-refractivity contribution >= 4 is 5.57 Å². The molecule has 1 N–H and O–H groups in total. The van der Waals surface area contributed by atoms with Crippen LogP contribution in [0.5, 0.6) is 0 Å². The number of nitrogens with zero attached hydrogens (tertiary/aromatic N) is 1. The number of allylic oxidation sites excluding steroid dienone is 2. The minimum Gasteiger partial charge on any atom is -0.278 e. The second kappa shape index (κ2) is 4.58. The van der Waals surface area contributed by atoms with Crippen LogP contribution >= 0.6 is 0 Å². The van der Waals surface area contributed by atoms with Gasteiger partial charge in [0.25, 0.3) is 0 Å². The first-order valence-electron chi connectivity index (χ1n) is 6.24. The molecule has 0 bridgehead atoms. The normalized spacial score (nSPS) is 15.6. The number of aromatic amines is 1. The summed E-state index contributed by atoms with van der Waals surface area (Å²) in [5, 5.41) is 7.55. The Morgan fingerprint density at radius 1 is 1.06 bits per heavy atom. The highest BCUT2D eigenvalue weighted by Gasteiger charge is 2.09. The number of benzene rings is 1. The Balaban J connectivity index is 1.90. The molecule has 0 unspecified atom stereocenters. The Labute approximate surface area is 101 Å². The van der Waals surface area contributed by atoms with E-state index in [1.54, 1.807) is 0 Å². The zero-order valence-corrected chi connectivity index (χ0v) is 9.82. The van der Waals surface area contributed by atoms with Crippen molar-refractivity contribution in [2.75, 3.05) is 0 Å². The quantitative estimate of drug-likeness (QED) is 0.819. The number of hydrogen-bond donors (Lipinski definition) is 1. The van der Waals surface area contributed by atoms with Crippen molar-refractivity contribution in [2.45, 2.75) is 25.7 Å². The Morgan fingerprint density at radius 3 is 2.71 bits per heavy atom. The SMILES string of the molecule is C1=C(c2cc(-c3ccccc3)n[nH]2)CCCC1. The van der Waals surface area contributed by atoms with Crippen molar-refractivity contribution in [3.8, 4) is 11.3 Å². The van der Waals surface area contributed by atoms with E-state index in [1.165, 1.54) is 42.5 Å². The summed E-state index contributed by atoms with van der Waals surface area (Å²) in [4.78, 5) is 0. The lowest BCUT2D eigenvalue weighted by Gasteiger charge is -2.09. The first-order valence-corrected chi connectivity index (χ1v) is 6.24. The molecule has 1 aliphatic rings. The minimum atomic E-state index is 1.03. The third-order valence-electron chi connectivity index (χ3n) is 3.28. The number of hydrogen-bond acceptors (Lipinski definition) is 1. The van der Waals surface area contributed by atoms with E-state index in [0.29, 0.717) is 0 Å². The van der Waals surface area contributed by atoms with Gasteiger partial charge in [-0.1, -0.05) is 36.4 Å². The fourth-order valence-corrected chi connectivity index (χ4v) is 2.33. The smallest absolute Gasteiger partial charge is 0.0927 e. The summed E-state index contributed by atoms with van der Waals surface area (Å²) in [7, 11) is 0. The molecule has 0 amide bonds. The largest absolute Gasteiger partial charge is 0.278 e. The van der Waals surface area contributed by atoms with Gasteiger partial charge < -0.3 is 0 Å². The molecular weight excluding hydrogens is 208 g/mol. The lowest BCUT2D eigenvalue weighted by atomic mass is 9.97. The molecule has 1 aromatic heterocycles. The van der Waals surface area contributed by atoms with E-state index < -0.39 is 0 Å². The van der Waals surface area contributed by atoms with Gasteiger partial charge in [0.2, 0.25) is 0 Å². The number of H-pyrrole nitrogens is 1. The van der Waals surface area contributed by atoms with Gasteiger partial charge >= 0.3 is 0 Å². The summed E-state index contributed by atoms with van der Waals surface area (Å²) in [5.74, 6) is 0. The monoisotopic (exact) mass is 224 g/mol. The standard InChI is InChI=1S/C15H16N2/c1-3-7-12(8-4-1)14-11-15(17-16-14)13-9-5-2-6-10-13/h1,3-4,7-9,11H,2,5-6,10H2,(H,16,17). The predicted octanol–water partition coefficient (Wildman–Crippen LogP) is 4.03. The maximum absolute atomic E-state index is 4.40. The van der Waals surface area contributed by atoms with Gasteiger partial charge in [0.15, 0.2) is 0 Å². The second-order valence-corrected chi connectivity index (χ2v) is 4.51. The van der Waals surface area contributed by atoms with E-state index in [4.69, 9.17) is 0 Å². The van der Waals surface area contributed by atoms with Crippen LogP contribution in [0, 0.1) is 0 Å². The highest BCUT2D eigenvalue weighted by Crippen LogP contribution is 2.27. The van der Waals surface area contributed by atoms with Crippen molar-refractivity contribution in [2.24, 2.45) is 0 Å². The van der Waals surface area contributed by atoms with E-state index in [-0.39, 0.29) is 0 Å². The van der Waals surface area contributed by atoms with Gasteiger partial charge in [0.05, 0.1) is 11.4 Å². The molecule has 2 nitrogen and oxygen atoms in total. The molecular formula is C15H16N2. The maximum atomic E-state index is 4.40. The summed E-state index contributed by atoms with van der Waals surface area (Å²) >= 11 is 0. The van der Waals surface area contributed by atoms with Crippen molar-refractivity contribution < 1.29 is 0 Å². The van der Waals surface area contributed by atoms with Crippen LogP contribution in [-0.2, 0) is 0 Å². The van der Waals surface area contributed by atoms with Gasteiger partial charge in [-0.15, -0.1) is 0 Å². The van der Waals surface area contributed by atoms with Crippen molar-refractivity contribution in [1.29, 1.82) is 0 Å². The minimum absolute atomic E-state index is 1.03. The summed E-state index contributed by atoms with van der Waals surface area (Å²) in [6.45, 7) is 0. The van der Waals surface area contributed by atoms with Crippen LogP contribution in [0.3, 0.4) is 0 Å². The first-order chi connectivity index (χ1) is 8.43. The molecule has 1 aromatic carbocycles. The van der Waals surface area contributed by atoms with Gasteiger partial charge in [-0.2, -0.15) is 5.10 Å². The van der Waals surface area contributed by atoms with Crippen LogP contribution in [0.1, 0.15) is 31.4 Å².